The van der Waals surface area contributed by atoms with Gasteiger partial charge < -0.3 is 14.6 Å². The van der Waals surface area contributed by atoms with Gasteiger partial charge in [0.15, 0.2) is 5.16 Å². The third kappa shape index (κ3) is 4.98. The van der Waals surface area contributed by atoms with E-state index in [-0.39, 0.29) is 23.8 Å². The van der Waals surface area contributed by atoms with Gasteiger partial charge in [0.25, 0.3) is 5.56 Å². The number of benzene rings is 2. The zero-order valence-electron chi connectivity index (χ0n) is 17.5. The molecule has 2 aromatic carbocycles. The van der Waals surface area contributed by atoms with Crippen molar-refractivity contribution in [2.24, 2.45) is 0 Å². The van der Waals surface area contributed by atoms with Crippen LogP contribution < -0.4 is 15.8 Å². The molecule has 0 saturated heterocycles. The number of fused-ring (bicyclic) bond motifs is 1. The van der Waals surface area contributed by atoms with Crippen LogP contribution in [-0.4, -0.2) is 35.3 Å². The van der Waals surface area contributed by atoms with E-state index in [4.69, 9.17) is 16.0 Å². The van der Waals surface area contributed by atoms with Crippen molar-refractivity contribution in [1.82, 2.24) is 9.55 Å². The Labute approximate surface area is 194 Å². The minimum Gasteiger partial charge on any atom is -0.467 e. The standard InChI is InChI=1S/C23H21ClN4O3S/c1-27(2)17-8-6-16(7-9-17)25-21(29)14-32-23-26-20-12-15(24)5-10-19(20)22(30)28(23)13-18-4-3-11-31-18/h3-12H,13-14H2,1-2H3,(H,25,29). The number of hydrogen-bond donors (Lipinski definition) is 1. The first-order valence-corrected chi connectivity index (χ1v) is 11.2. The van der Waals surface area contributed by atoms with Crippen LogP contribution in [0.3, 0.4) is 0 Å². The molecule has 7 nitrogen and oxygen atoms in total. The van der Waals surface area contributed by atoms with Crippen LogP contribution in [0, 0.1) is 0 Å². The fraction of sp³-hybridized carbons (Fsp3) is 0.174. The molecule has 4 rings (SSSR count). The van der Waals surface area contributed by atoms with Gasteiger partial charge in [-0.15, -0.1) is 0 Å². The number of carbonyl (C=O) groups excluding carboxylic acids is 1. The largest absolute Gasteiger partial charge is 0.467 e. The number of aromatic nitrogens is 2. The number of rotatable bonds is 7. The molecule has 0 aliphatic rings. The number of carbonyl (C=O) groups is 1. The highest BCUT2D eigenvalue weighted by atomic mass is 35.5. The number of amides is 1. The maximum atomic E-state index is 13.1. The van der Waals surface area contributed by atoms with Crippen LogP contribution in [-0.2, 0) is 11.3 Å². The van der Waals surface area contributed by atoms with Crippen LogP contribution in [0.2, 0.25) is 5.02 Å². The van der Waals surface area contributed by atoms with Crippen LogP contribution in [0.1, 0.15) is 5.76 Å². The lowest BCUT2D eigenvalue weighted by atomic mass is 10.2. The number of nitrogens with one attached hydrogen (secondary N) is 1. The maximum absolute atomic E-state index is 13.1. The summed E-state index contributed by atoms with van der Waals surface area (Å²) in [5.41, 5.74) is 2.01. The lowest BCUT2D eigenvalue weighted by molar-refractivity contribution is -0.113. The van der Waals surface area contributed by atoms with Crippen LogP contribution >= 0.6 is 23.4 Å². The number of furan rings is 1. The highest BCUT2D eigenvalue weighted by molar-refractivity contribution is 7.99. The van der Waals surface area contributed by atoms with Crippen LogP contribution in [0.25, 0.3) is 10.9 Å². The van der Waals surface area contributed by atoms with Crippen molar-refractivity contribution in [2.45, 2.75) is 11.7 Å². The van der Waals surface area contributed by atoms with Crippen molar-refractivity contribution in [3.05, 3.63) is 82.0 Å². The van der Waals surface area contributed by atoms with Crippen molar-refractivity contribution >= 4 is 51.5 Å². The molecule has 0 unspecified atom stereocenters. The first kappa shape index (κ1) is 22.0. The Morgan fingerprint density at radius 3 is 2.66 bits per heavy atom. The van der Waals surface area contributed by atoms with Crippen molar-refractivity contribution in [2.75, 3.05) is 30.1 Å². The second-order valence-electron chi connectivity index (χ2n) is 7.30. The summed E-state index contributed by atoms with van der Waals surface area (Å²) in [7, 11) is 3.91. The molecule has 0 fully saturated rings. The Morgan fingerprint density at radius 1 is 1.19 bits per heavy atom. The lowest BCUT2D eigenvalue weighted by Gasteiger charge is -2.14. The normalized spacial score (nSPS) is 11.0. The van der Waals surface area contributed by atoms with Gasteiger partial charge in [-0.3, -0.25) is 14.2 Å². The lowest BCUT2D eigenvalue weighted by Crippen LogP contribution is -2.24. The van der Waals surface area contributed by atoms with Gasteiger partial charge in [-0.2, -0.15) is 0 Å². The molecule has 2 aromatic heterocycles. The monoisotopic (exact) mass is 468 g/mol. The highest BCUT2D eigenvalue weighted by Crippen LogP contribution is 2.22. The van der Waals surface area contributed by atoms with E-state index in [1.54, 1.807) is 36.6 Å². The minimum atomic E-state index is -0.217. The van der Waals surface area contributed by atoms with Gasteiger partial charge in [0.2, 0.25) is 5.91 Å². The number of nitrogens with zero attached hydrogens (tertiary/aromatic N) is 3. The van der Waals surface area contributed by atoms with Gasteiger partial charge in [-0.25, -0.2) is 4.98 Å². The summed E-state index contributed by atoms with van der Waals surface area (Å²) in [6.45, 7) is 0.216. The van der Waals surface area contributed by atoms with E-state index in [9.17, 15) is 9.59 Å². The summed E-state index contributed by atoms with van der Waals surface area (Å²) in [6.07, 6.45) is 1.55. The van der Waals surface area contributed by atoms with E-state index in [0.29, 0.717) is 32.5 Å². The van der Waals surface area contributed by atoms with Gasteiger partial charge in [0, 0.05) is 30.5 Å². The second-order valence-corrected chi connectivity index (χ2v) is 8.68. The molecular formula is C23H21ClN4O3S. The Morgan fingerprint density at radius 2 is 1.97 bits per heavy atom. The van der Waals surface area contributed by atoms with Crippen LogP contribution in [0.4, 0.5) is 11.4 Å². The summed E-state index contributed by atoms with van der Waals surface area (Å²) >= 11 is 7.27. The second kappa shape index (κ2) is 9.50. The van der Waals surface area contributed by atoms with E-state index in [0.717, 1.165) is 5.69 Å². The Kier molecular flexibility index (Phi) is 6.53. The molecule has 0 saturated carbocycles. The van der Waals surface area contributed by atoms with Crippen LogP contribution in [0.15, 0.2) is 75.2 Å². The molecule has 9 heteroatoms. The van der Waals surface area contributed by atoms with E-state index >= 15 is 0 Å². The molecule has 164 valence electrons. The zero-order valence-corrected chi connectivity index (χ0v) is 19.1. The Balaban J connectivity index is 1.56. The van der Waals surface area contributed by atoms with Crippen molar-refractivity contribution < 1.29 is 9.21 Å². The summed E-state index contributed by atoms with van der Waals surface area (Å²) in [5, 5.41) is 4.23. The molecule has 1 amide bonds. The third-order valence-electron chi connectivity index (χ3n) is 4.78. The summed E-state index contributed by atoms with van der Waals surface area (Å²) in [4.78, 5) is 32.3. The molecular weight excluding hydrogens is 448 g/mol. The number of hydrogen-bond acceptors (Lipinski definition) is 6. The van der Waals surface area contributed by atoms with Gasteiger partial charge in [-0.05, 0) is 54.6 Å². The highest BCUT2D eigenvalue weighted by Gasteiger charge is 2.15. The fourth-order valence-electron chi connectivity index (χ4n) is 3.15. The third-order valence-corrected chi connectivity index (χ3v) is 5.99. The quantitative estimate of drug-likeness (QED) is 0.318. The van der Waals surface area contributed by atoms with Crippen LogP contribution in [0.5, 0.6) is 0 Å². The SMILES string of the molecule is CN(C)c1ccc(NC(=O)CSc2nc3cc(Cl)ccc3c(=O)n2Cc2ccco2)cc1. The zero-order chi connectivity index (χ0) is 22.7. The van der Waals surface area contributed by atoms with E-state index in [1.165, 1.54) is 16.3 Å². The van der Waals surface area contributed by atoms with E-state index in [2.05, 4.69) is 10.3 Å². The molecule has 4 aromatic rings. The molecule has 1 N–H and O–H groups in total. The van der Waals surface area contributed by atoms with Gasteiger partial charge in [-0.1, -0.05) is 23.4 Å². The van der Waals surface area contributed by atoms with E-state index in [1.807, 2.05) is 43.3 Å². The average Bonchev–Trinajstić information content (AvgIpc) is 3.28. The number of thioether (sulfide) groups is 1. The Hall–Kier alpha value is -3.23. The molecule has 0 aliphatic carbocycles. The number of anilines is 2. The summed E-state index contributed by atoms with van der Waals surface area (Å²) < 4.78 is 6.92. The molecule has 0 radical (unpaired) electrons. The van der Waals surface area contributed by atoms with Gasteiger partial charge in [0.1, 0.15) is 5.76 Å². The maximum Gasteiger partial charge on any atom is 0.262 e. The first-order valence-electron chi connectivity index (χ1n) is 9.83. The topological polar surface area (TPSA) is 80.4 Å². The van der Waals surface area contributed by atoms with Gasteiger partial charge in [0.05, 0.1) is 29.5 Å². The minimum absolute atomic E-state index is 0.0894. The molecule has 2 heterocycles. The van der Waals surface area contributed by atoms with Crippen molar-refractivity contribution in [3.63, 3.8) is 0 Å². The Bertz CT molecular complexity index is 1300. The smallest absolute Gasteiger partial charge is 0.262 e. The molecule has 0 bridgehead atoms. The fourth-order valence-corrected chi connectivity index (χ4v) is 4.12. The first-order chi connectivity index (χ1) is 15.4. The molecule has 0 aliphatic heterocycles. The average molecular weight is 469 g/mol. The van der Waals surface area contributed by atoms with Gasteiger partial charge >= 0.3 is 0 Å². The molecule has 0 spiro atoms. The predicted octanol–water partition coefficient (Wildman–Crippen LogP) is 4.49. The molecule has 32 heavy (non-hydrogen) atoms. The van der Waals surface area contributed by atoms with Crippen molar-refractivity contribution in [1.29, 1.82) is 0 Å². The van der Waals surface area contributed by atoms with Crippen molar-refractivity contribution in [3.8, 4) is 0 Å². The van der Waals surface area contributed by atoms with E-state index < -0.39 is 0 Å². The number of halogens is 1. The summed E-state index contributed by atoms with van der Waals surface area (Å²) in [5.74, 6) is 0.513. The predicted molar refractivity (Wildman–Crippen MR) is 129 cm³/mol. The molecule has 0 atom stereocenters. The summed E-state index contributed by atoms with van der Waals surface area (Å²) in [6, 6.07) is 16.1.